The third-order valence-corrected chi connectivity index (χ3v) is 3.16. The lowest BCUT2D eigenvalue weighted by Gasteiger charge is -2.23. The highest BCUT2D eigenvalue weighted by molar-refractivity contribution is 5.94. The molecule has 6 heteroatoms. The third-order valence-electron chi connectivity index (χ3n) is 3.16. The highest BCUT2D eigenvalue weighted by Crippen LogP contribution is 2.14. The molecule has 1 aliphatic heterocycles. The van der Waals surface area contributed by atoms with Crippen LogP contribution in [0.1, 0.15) is 29.6 Å². The lowest BCUT2D eigenvalue weighted by Crippen LogP contribution is -2.43. The summed E-state index contributed by atoms with van der Waals surface area (Å²) in [5.41, 5.74) is -0.739. The van der Waals surface area contributed by atoms with E-state index >= 15 is 0 Å². The van der Waals surface area contributed by atoms with Crippen LogP contribution in [0.15, 0.2) is 12.1 Å². The van der Waals surface area contributed by atoms with Gasteiger partial charge in [-0.25, -0.2) is 13.2 Å². The zero-order valence-corrected chi connectivity index (χ0v) is 10.3. The summed E-state index contributed by atoms with van der Waals surface area (Å²) in [7, 11) is 0. The molecule has 1 aliphatic rings. The summed E-state index contributed by atoms with van der Waals surface area (Å²) < 4.78 is 39.5. The molecule has 2 rings (SSSR count). The van der Waals surface area contributed by atoms with Crippen molar-refractivity contribution >= 4 is 5.91 Å². The molecule has 1 aromatic rings. The molecule has 0 saturated carbocycles. The minimum Gasteiger partial charge on any atom is -0.350 e. The maximum Gasteiger partial charge on any atom is 0.257 e. The molecule has 0 radical (unpaired) electrons. The first-order chi connectivity index (χ1) is 9.08. The molecule has 3 nitrogen and oxygen atoms in total. The Balaban J connectivity index is 1.99. The van der Waals surface area contributed by atoms with Crippen molar-refractivity contribution < 1.29 is 18.0 Å². The summed E-state index contributed by atoms with van der Waals surface area (Å²) in [5, 5.41) is 5.67. The van der Waals surface area contributed by atoms with E-state index < -0.39 is 28.9 Å². The fraction of sp³-hybridized carbons (Fsp3) is 0.462. The Kier molecular flexibility index (Phi) is 4.42. The molecule has 1 heterocycles. The Labute approximate surface area is 109 Å². The number of nitrogens with one attached hydrogen (secondary N) is 2. The van der Waals surface area contributed by atoms with Crippen LogP contribution in [0.4, 0.5) is 13.2 Å². The highest BCUT2D eigenvalue weighted by atomic mass is 19.1. The number of hydrogen-bond acceptors (Lipinski definition) is 2. The van der Waals surface area contributed by atoms with E-state index in [2.05, 4.69) is 10.6 Å². The summed E-state index contributed by atoms with van der Waals surface area (Å²) in [5.74, 6) is -4.28. The quantitative estimate of drug-likeness (QED) is 0.883. The van der Waals surface area contributed by atoms with Crippen LogP contribution in [-0.2, 0) is 0 Å². The number of rotatable bonds is 3. The molecule has 1 unspecified atom stereocenters. The van der Waals surface area contributed by atoms with Gasteiger partial charge in [0, 0.05) is 24.7 Å². The summed E-state index contributed by atoms with van der Waals surface area (Å²) in [6, 6.07) is 1.11. The maximum atomic E-state index is 13.4. The van der Waals surface area contributed by atoms with Gasteiger partial charge in [-0.3, -0.25) is 4.79 Å². The second-order valence-corrected chi connectivity index (χ2v) is 4.60. The van der Waals surface area contributed by atoms with Gasteiger partial charge in [-0.05, 0) is 19.4 Å². The Hall–Kier alpha value is -1.56. The lowest BCUT2D eigenvalue weighted by atomic mass is 10.0. The average Bonchev–Trinajstić information content (AvgIpc) is 2.36. The summed E-state index contributed by atoms with van der Waals surface area (Å²) in [6.07, 6.45) is 3.06. The monoisotopic (exact) mass is 272 g/mol. The molecule has 104 valence electrons. The van der Waals surface area contributed by atoms with E-state index in [1.807, 2.05) is 0 Å². The molecule has 0 bridgehead atoms. The molecule has 1 amide bonds. The molecule has 1 aromatic carbocycles. The molecule has 0 spiro atoms. The maximum absolute atomic E-state index is 13.4. The van der Waals surface area contributed by atoms with E-state index in [1.54, 1.807) is 0 Å². The van der Waals surface area contributed by atoms with Gasteiger partial charge in [0.1, 0.15) is 23.0 Å². The Morgan fingerprint density at radius 1 is 1.26 bits per heavy atom. The molecule has 2 N–H and O–H groups in total. The minimum absolute atomic E-state index is 0.115. The number of piperidine rings is 1. The molecule has 19 heavy (non-hydrogen) atoms. The van der Waals surface area contributed by atoms with Crippen LogP contribution >= 0.6 is 0 Å². The number of hydrogen-bond donors (Lipinski definition) is 2. The first kappa shape index (κ1) is 13.9. The van der Waals surface area contributed by atoms with Crippen molar-refractivity contribution in [3.63, 3.8) is 0 Å². The van der Waals surface area contributed by atoms with Gasteiger partial charge in [-0.1, -0.05) is 6.42 Å². The van der Waals surface area contributed by atoms with Gasteiger partial charge in [0.25, 0.3) is 5.91 Å². The van der Waals surface area contributed by atoms with Gasteiger partial charge >= 0.3 is 0 Å². The smallest absolute Gasteiger partial charge is 0.257 e. The summed E-state index contributed by atoms with van der Waals surface area (Å²) in [4.78, 5) is 11.7. The number of halogens is 3. The third kappa shape index (κ3) is 3.47. The fourth-order valence-electron chi connectivity index (χ4n) is 2.16. The first-order valence-corrected chi connectivity index (χ1v) is 6.24. The second kappa shape index (κ2) is 6.06. The minimum atomic E-state index is -1.19. The zero-order valence-electron chi connectivity index (χ0n) is 10.3. The van der Waals surface area contributed by atoms with Gasteiger partial charge in [-0.15, -0.1) is 0 Å². The SMILES string of the molecule is O=C(NCC1CCCCN1)c1c(F)cc(F)cc1F. The van der Waals surface area contributed by atoms with Gasteiger partial charge < -0.3 is 10.6 Å². The average molecular weight is 272 g/mol. The molecule has 0 aromatic heterocycles. The van der Waals surface area contributed by atoms with E-state index in [4.69, 9.17) is 0 Å². The Morgan fingerprint density at radius 2 is 1.95 bits per heavy atom. The van der Waals surface area contributed by atoms with Crippen LogP contribution in [0.5, 0.6) is 0 Å². The second-order valence-electron chi connectivity index (χ2n) is 4.60. The number of benzene rings is 1. The zero-order chi connectivity index (χ0) is 13.8. The predicted molar refractivity (Wildman–Crippen MR) is 64.3 cm³/mol. The highest BCUT2D eigenvalue weighted by Gasteiger charge is 2.20. The van der Waals surface area contributed by atoms with Crippen LogP contribution in [0.2, 0.25) is 0 Å². The van der Waals surface area contributed by atoms with Gasteiger partial charge in [-0.2, -0.15) is 0 Å². The van der Waals surface area contributed by atoms with Crippen LogP contribution in [0, 0.1) is 17.5 Å². The van der Waals surface area contributed by atoms with Crippen molar-refractivity contribution in [3.8, 4) is 0 Å². The number of carbonyl (C=O) groups excluding carboxylic acids is 1. The van der Waals surface area contributed by atoms with E-state index in [0.717, 1.165) is 25.8 Å². The van der Waals surface area contributed by atoms with E-state index in [-0.39, 0.29) is 6.04 Å². The Bertz CT molecular complexity index is 450. The lowest BCUT2D eigenvalue weighted by molar-refractivity contribution is 0.0939. The summed E-state index contributed by atoms with van der Waals surface area (Å²) >= 11 is 0. The molecular weight excluding hydrogens is 257 g/mol. The van der Waals surface area contributed by atoms with Crippen LogP contribution in [0.25, 0.3) is 0 Å². The van der Waals surface area contributed by atoms with Gasteiger partial charge in [0.15, 0.2) is 0 Å². The Morgan fingerprint density at radius 3 is 2.53 bits per heavy atom. The van der Waals surface area contributed by atoms with E-state index in [9.17, 15) is 18.0 Å². The molecule has 1 saturated heterocycles. The van der Waals surface area contributed by atoms with Gasteiger partial charge in [0.2, 0.25) is 0 Å². The van der Waals surface area contributed by atoms with Crippen molar-refractivity contribution in [1.82, 2.24) is 10.6 Å². The predicted octanol–water partition coefficient (Wildman–Crippen LogP) is 1.98. The van der Waals surface area contributed by atoms with E-state index in [1.165, 1.54) is 0 Å². The molecule has 1 fully saturated rings. The van der Waals surface area contributed by atoms with E-state index in [0.29, 0.717) is 18.7 Å². The normalized spacial score (nSPS) is 19.2. The number of carbonyl (C=O) groups is 1. The molecule has 1 atom stereocenters. The van der Waals surface area contributed by atoms with Crippen molar-refractivity contribution in [2.24, 2.45) is 0 Å². The van der Waals surface area contributed by atoms with Gasteiger partial charge in [0.05, 0.1) is 0 Å². The summed E-state index contributed by atoms with van der Waals surface area (Å²) in [6.45, 7) is 1.18. The fourth-order valence-corrected chi connectivity index (χ4v) is 2.16. The first-order valence-electron chi connectivity index (χ1n) is 6.24. The molecular formula is C13H15F3N2O. The largest absolute Gasteiger partial charge is 0.350 e. The van der Waals surface area contributed by atoms with Crippen LogP contribution in [-0.4, -0.2) is 25.0 Å². The van der Waals surface area contributed by atoms with Crippen molar-refractivity contribution in [2.75, 3.05) is 13.1 Å². The number of amides is 1. The molecule has 0 aliphatic carbocycles. The topological polar surface area (TPSA) is 41.1 Å². The van der Waals surface area contributed by atoms with Crippen molar-refractivity contribution in [3.05, 3.63) is 35.1 Å². The van der Waals surface area contributed by atoms with Crippen LogP contribution in [0.3, 0.4) is 0 Å². The van der Waals surface area contributed by atoms with Crippen molar-refractivity contribution in [2.45, 2.75) is 25.3 Å². The standard InChI is InChI=1S/C13H15F3N2O/c14-8-5-10(15)12(11(16)6-8)13(19)18-7-9-3-1-2-4-17-9/h5-6,9,17H,1-4,7H2,(H,18,19). The van der Waals surface area contributed by atoms with Crippen molar-refractivity contribution in [1.29, 1.82) is 0 Å². The van der Waals surface area contributed by atoms with Crippen LogP contribution < -0.4 is 10.6 Å².